The molecule has 0 heterocycles. The van der Waals surface area contributed by atoms with Crippen LogP contribution in [0.2, 0.25) is 5.02 Å². The summed E-state index contributed by atoms with van der Waals surface area (Å²) >= 11 is 7.66. The Hall–Kier alpha value is -1.71. The maximum absolute atomic E-state index is 12.5. The SMILES string of the molecule is O=C(Nc1ccc(Cl)cc1)C1=C(SCc2ccccc2)CCC1. The highest BCUT2D eigenvalue weighted by Crippen LogP contribution is 2.36. The Morgan fingerprint density at radius 2 is 1.78 bits per heavy atom. The highest BCUT2D eigenvalue weighted by Gasteiger charge is 2.21. The van der Waals surface area contributed by atoms with Gasteiger partial charge in [-0.05, 0) is 54.0 Å². The van der Waals surface area contributed by atoms with Crippen molar-refractivity contribution in [3.8, 4) is 0 Å². The van der Waals surface area contributed by atoms with Crippen molar-refractivity contribution in [2.75, 3.05) is 5.32 Å². The topological polar surface area (TPSA) is 29.1 Å². The van der Waals surface area contributed by atoms with Gasteiger partial charge in [0, 0.05) is 22.0 Å². The third-order valence-corrected chi connectivity index (χ3v) is 5.33. The lowest BCUT2D eigenvalue weighted by atomic mass is 10.2. The number of nitrogens with one attached hydrogen (secondary N) is 1. The summed E-state index contributed by atoms with van der Waals surface area (Å²) in [5, 5.41) is 3.64. The maximum Gasteiger partial charge on any atom is 0.252 e. The molecule has 0 spiro atoms. The van der Waals surface area contributed by atoms with Gasteiger partial charge in [0.05, 0.1) is 0 Å². The maximum atomic E-state index is 12.5. The molecule has 1 aliphatic rings. The van der Waals surface area contributed by atoms with Crippen LogP contribution in [0.4, 0.5) is 5.69 Å². The van der Waals surface area contributed by atoms with Gasteiger partial charge < -0.3 is 5.32 Å². The van der Waals surface area contributed by atoms with Crippen LogP contribution in [0.25, 0.3) is 0 Å². The molecular formula is C19H18ClNOS. The predicted molar refractivity (Wildman–Crippen MR) is 98.7 cm³/mol. The number of amides is 1. The summed E-state index contributed by atoms with van der Waals surface area (Å²) in [5.41, 5.74) is 3.00. The van der Waals surface area contributed by atoms with Crippen molar-refractivity contribution in [3.63, 3.8) is 0 Å². The zero-order valence-corrected chi connectivity index (χ0v) is 14.3. The van der Waals surface area contributed by atoms with Crippen molar-refractivity contribution in [2.45, 2.75) is 25.0 Å². The monoisotopic (exact) mass is 343 g/mol. The molecule has 1 N–H and O–H groups in total. The summed E-state index contributed by atoms with van der Waals surface area (Å²) in [4.78, 5) is 13.7. The second-order valence-electron chi connectivity index (χ2n) is 5.49. The number of thioether (sulfide) groups is 1. The summed E-state index contributed by atoms with van der Waals surface area (Å²) in [6.45, 7) is 0. The lowest BCUT2D eigenvalue weighted by molar-refractivity contribution is -0.112. The zero-order valence-electron chi connectivity index (χ0n) is 12.7. The highest BCUT2D eigenvalue weighted by molar-refractivity contribution is 8.02. The molecule has 0 saturated carbocycles. The van der Waals surface area contributed by atoms with Gasteiger partial charge in [-0.2, -0.15) is 0 Å². The molecule has 1 aliphatic carbocycles. The molecule has 0 fully saturated rings. The van der Waals surface area contributed by atoms with E-state index >= 15 is 0 Å². The molecule has 0 atom stereocenters. The van der Waals surface area contributed by atoms with Gasteiger partial charge in [0.15, 0.2) is 0 Å². The third kappa shape index (κ3) is 4.40. The fourth-order valence-electron chi connectivity index (χ4n) is 2.60. The average Bonchev–Trinajstić information content (AvgIpc) is 3.05. The van der Waals surface area contributed by atoms with Crippen molar-refractivity contribution < 1.29 is 4.79 Å². The summed E-state index contributed by atoms with van der Waals surface area (Å²) in [6.07, 6.45) is 2.91. The minimum absolute atomic E-state index is 0.0142. The standard InChI is InChI=1S/C19H18ClNOS/c20-15-9-11-16(12-10-15)21-19(22)17-7-4-8-18(17)23-13-14-5-2-1-3-6-14/h1-3,5-6,9-12H,4,7-8,13H2,(H,21,22). The molecule has 2 aromatic rings. The number of anilines is 1. The van der Waals surface area contributed by atoms with E-state index in [9.17, 15) is 4.79 Å². The first kappa shape index (κ1) is 16.2. The molecular weight excluding hydrogens is 326 g/mol. The van der Waals surface area contributed by atoms with E-state index in [-0.39, 0.29) is 5.91 Å². The first-order chi connectivity index (χ1) is 11.2. The van der Waals surface area contributed by atoms with E-state index in [2.05, 4.69) is 17.4 Å². The molecule has 0 aromatic heterocycles. The van der Waals surface area contributed by atoms with Crippen molar-refractivity contribution in [2.24, 2.45) is 0 Å². The minimum atomic E-state index is 0.0142. The molecule has 0 unspecified atom stereocenters. The van der Waals surface area contributed by atoms with Crippen LogP contribution in [0, 0.1) is 0 Å². The van der Waals surface area contributed by atoms with Gasteiger partial charge in [0.25, 0.3) is 5.91 Å². The van der Waals surface area contributed by atoms with Gasteiger partial charge in [-0.3, -0.25) is 4.79 Å². The summed E-state index contributed by atoms with van der Waals surface area (Å²) in [6, 6.07) is 17.6. The van der Waals surface area contributed by atoms with E-state index in [1.54, 1.807) is 23.9 Å². The Morgan fingerprint density at radius 3 is 2.52 bits per heavy atom. The van der Waals surface area contributed by atoms with Gasteiger partial charge in [-0.25, -0.2) is 0 Å². The normalized spacial score (nSPS) is 14.1. The molecule has 2 aromatic carbocycles. The number of halogens is 1. The Balaban J connectivity index is 1.66. The van der Waals surface area contributed by atoms with Crippen LogP contribution >= 0.6 is 23.4 Å². The Morgan fingerprint density at radius 1 is 1.04 bits per heavy atom. The van der Waals surface area contributed by atoms with E-state index in [0.717, 1.165) is 36.3 Å². The fraction of sp³-hybridized carbons (Fsp3) is 0.211. The van der Waals surface area contributed by atoms with Gasteiger partial charge in [0.1, 0.15) is 0 Å². The number of allylic oxidation sites excluding steroid dienone is 1. The van der Waals surface area contributed by atoms with Crippen LogP contribution in [-0.2, 0) is 10.5 Å². The van der Waals surface area contributed by atoms with Crippen LogP contribution in [0.5, 0.6) is 0 Å². The van der Waals surface area contributed by atoms with Gasteiger partial charge in [-0.1, -0.05) is 41.9 Å². The van der Waals surface area contributed by atoms with Crippen molar-refractivity contribution in [1.82, 2.24) is 0 Å². The van der Waals surface area contributed by atoms with E-state index < -0.39 is 0 Å². The smallest absolute Gasteiger partial charge is 0.252 e. The number of benzene rings is 2. The molecule has 1 amide bonds. The molecule has 23 heavy (non-hydrogen) atoms. The first-order valence-corrected chi connectivity index (χ1v) is 9.04. The minimum Gasteiger partial charge on any atom is -0.322 e. The Labute approximate surface area is 145 Å². The van der Waals surface area contributed by atoms with Crippen LogP contribution < -0.4 is 5.32 Å². The summed E-state index contributed by atoms with van der Waals surface area (Å²) in [7, 11) is 0. The fourth-order valence-corrected chi connectivity index (χ4v) is 3.92. The molecule has 0 radical (unpaired) electrons. The van der Waals surface area contributed by atoms with E-state index in [1.807, 2.05) is 30.3 Å². The van der Waals surface area contributed by atoms with Crippen LogP contribution in [0.3, 0.4) is 0 Å². The summed E-state index contributed by atoms with van der Waals surface area (Å²) in [5.74, 6) is 0.925. The van der Waals surface area contributed by atoms with E-state index in [4.69, 9.17) is 11.6 Å². The molecule has 4 heteroatoms. The lowest BCUT2D eigenvalue weighted by Crippen LogP contribution is -2.14. The van der Waals surface area contributed by atoms with Crippen LogP contribution in [0.15, 0.2) is 65.1 Å². The average molecular weight is 344 g/mol. The zero-order chi connectivity index (χ0) is 16.1. The molecule has 0 saturated heterocycles. The van der Waals surface area contributed by atoms with Crippen molar-refractivity contribution in [3.05, 3.63) is 75.7 Å². The second-order valence-corrected chi connectivity index (χ2v) is 7.00. The van der Waals surface area contributed by atoms with Crippen molar-refractivity contribution in [1.29, 1.82) is 0 Å². The predicted octanol–water partition coefficient (Wildman–Crippen LogP) is 5.65. The molecule has 0 bridgehead atoms. The van der Waals surface area contributed by atoms with Crippen LogP contribution in [-0.4, -0.2) is 5.91 Å². The molecule has 2 nitrogen and oxygen atoms in total. The van der Waals surface area contributed by atoms with Gasteiger partial charge >= 0.3 is 0 Å². The lowest BCUT2D eigenvalue weighted by Gasteiger charge is -2.09. The highest BCUT2D eigenvalue weighted by atomic mass is 35.5. The Kier molecular flexibility index (Phi) is 5.42. The molecule has 3 rings (SSSR count). The number of hydrogen-bond donors (Lipinski definition) is 1. The second kappa shape index (κ2) is 7.71. The first-order valence-electron chi connectivity index (χ1n) is 7.68. The van der Waals surface area contributed by atoms with Crippen LogP contribution in [0.1, 0.15) is 24.8 Å². The third-order valence-electron chi connectivity index (χ3n) is 3.80. The number of rotatable bonds is 5. The van der Waals surface area contributed by atoms with E-state index in [0.29, 0.717) is 5.02 Å². The molecule has 118 valence electrons. The largest absolute Gasteiger partial charge is 0.322 e. The molecule has 0 aliphatic heterocycles. The number of carbonyl (C=O) groups excluding carboxylic acids is 1. The summed E-state index contributed by atoms with van der Waals surface area (Å²) < 4.78 is 0. The van der Waals surface area contributed by atoms with Crippen molar-refractivity contribution >= 4 is 35.0 Å². The number of hydrogen-bond acceptors (Lipinski definition) is 2. The quantitative estimate of drug-likeness (QED) is 0.760. The van der Waals surface area contributed by atoms with Gasteiger partial charge in [0.2, 0.25) is 0 Å². The number of carbonyl (C=O) groups is 1. The van der Waals surface area contributed by atoms with Gasteiger partial charge in [-0.15, -0.1) is 11.8 Å². The van der Waals surface area contributed by atoms with E-state index in [1.165, 1.54) is 10.5 Å². The Bertz CT molecular complexity index is 710.